The first-order valence-electron chi connectivity index (χ1n) is 9.45. The second kappa shape index (κ2) is 8.00. The molecule has 1 atom stereocenters. The Morgan fingerprint density at radius 1 is 1.20 bits per heavy atom. The van der Waals surface area contributed by atoms with E-state index in [-0.39, 0.29) is 11.8 Å². The monoisotopic (exact) mass is 343 g/mol. The molecule has 2 aliphatic rings. The number of hydrogen-bond donors (Lipinski definition) is 1. The molecule has 0 aliphatic carbocycles. The van der Waals surface area contributed by atoms with Crippen molar-refractivity contribution in [1.29, 1.82) is 0 Å². The Balaban J connectivity index is 1.63. The molecule has 25 heavy (non-hydrogen) atoms. The Kier molecular flexibility index (Phi) is 5.74. The topological polar surface area (TPSA) is 52.7 Å². The molecule has 0 bridgehead atoms. The Morgan fingerprint density at radius 2 is 1.92 bits per heavy atom. The van der Waals surface area contributed by atoms with Crippen molar-refractivity contribution < 1.29 is 9.59 Å². The number of nitrogens with zero attached hydrogens (tertiary/aromatic N) is 2. The van der Waals surface area contributed by atoms with Crippen molar-refractivity contribution in [2.45, 2.75) is 45.7 Å². The lowest BCUT2D eigenvalue weighted by Crippen LogP contribution is -2.49. The van der Waals surface area contributed by atoms with Crippen LogP contribution in [-0.4, -0.2) is 53.8 Å². The van der Waals surface area contributed by atoms with E-state index in [2.05, 4.69) is 24.1 Å². The van der Waals surface area contributed by atoms with Crippen LogP contribution in [-0.2, 0) is 11.3 Å². The highest BCUT2D eigenvalue weighted by molar-refractivity contribution is 6.01. The van der Waals surface area contributed by atoms with Crippen LogP contribution in [0.1, 0.15) is 49.0 Å². The van der Waals surface area contributed by atoms with Gasteiger partial charge in [-0.2, -0.15) is 0 Å². The molecule has 2 aliphatic heterocycles. The standard InChI is InChI=1S/C20H29N3O2/c1-15(2)13-18(19(24)21-9-12-22-10-5-6-11-22)23-14-16-7-3-4-8-17(16)20(23)25/h3-4,7-8,15,18H,5-6,9-14H2,1-2H3,(H,21,24)/t18-/m0/s1. The van der Waals surface area contributed by atoms with Gasteiger partial charge < -0.3 is 15.1 Å². The predicted octanol–water partition coefficient (Wildman–Crippen LogP) is 2.27. The van der Waals surface area contributed by atoms with Crippen molar-refractivity contribution in [3.05, 3.63) is 35.4 Å². The van der Waals surface area contributed by atoms with Crippen LogP contribution in [0.15, 0.2) is 24.3 Å². The molecular formula is C20H29N3O2. The number of carbonyl (C=O) groups excluding carboxylic acids is 2. The number of likely N-dealkylation sites (tertiary alicyclic amines) is 1. The number of hydrogen-bond acceptors (Lipinski definition) is 3. The summed E-state index contributed by atoms with van der Waals surface area (Å²) < 4.78 is 0. The van der Waals surface area contributed by atoms with Crippen molar-refractivity contribution in [2.24, 2.45) is 5.92 Å². The molecular weight excluding hydrogens is 314 g/mol. The summed E-state index contributed by atoms with van der Waals surface area (Å²) in [5, 5.41) is 3.06. The van der Waals surface area contributed by atoms with Crippen LogP contribution in [0, 0.1) is 5.92 Å². The third kappa shape index (κ3) is 4.21. The maximum Gasteiger partial charge on any atom is 0.255 e. The summed E-state index contributed by atoms with van der Waals surface area (Å²) in [7, 11) is 0. The zero-order valence-corrected chi connectivity index (χ0v) is 15.3. The summed E-state index contributed by atoms with van der Waals surface area (Å²) in [6.45, 7) is 8.54. The van der Waals surface area contributed by atoms with Gasteiger partial charge >= 0.3 is 0 Å². The third-order valence-corrected chi connectivity index (χ3v) is 5.15. The molecule has 1 fully saturated rings. The molecule has 1 saturated heterocycles. The number of amides is 2. The van der Waals surface area contributed by atoms with E-state index in [4.69, 9.17) is 0 Å². The molecule has 3 rings (SSSR count). The second-order valence-corrected chi connectivity index (χ2v) is 7.58. The number of benzene rings is 1. The summed E-state index contributed by atoms with van der Waals surface area (Å²) in [5.74, 6) is 0.316. The van der Waals surface area contributed by atoms with Gasteiger partial charge in [-0.3, -0.25) is 9.59 Å². The van der Waals surface area contributed by atoms with Gasteiger partial charge in [0.1, 0.15) is 6.04 Å². The highest BCUT2D eigenvalue weighted by Crippen LogP contribution is 2.26. The highest BCUT2D eigenvalue weighted by Gasteiger charge is 2.36. The van der Waals surface area contributed by atoms with Crippen molar-refractivity contribution in [2.75, 3.05) is 26.2 Å². The average Bonchev–Trinajstić information content (AvgIpc) is 3.21. The summed E-state index contributed by atoms with van der Waals surface area (Å²) in [5.41, 5.74) is 1.76. The SMILES string of the molecule is CC(C)C[C@@H](C(=O)NCCN1CCCC1)N1Cc2ccccc2C1=O. The van der Waals surface area contributed by atoms with Gasteiger partial charge in [-0.05, 0) is 49.9 Å². The first-order chi connectivity index (χ1) is 12.1. The van der Waals surface area contributed by atoms with Crippen LogP contribution < -0.4 is 5.32 Å². The van der Waals surface area contributed by atoms with Crippen molar-refractivity contribution in [1.82, 2.24) is 15.1 Å². The van der Waals surface area contributed by atoms with Gasteiger partial charge in [0.2, 0.25) is 5.91 Å². The van der Waals surface area contributed by atoms with Gasteiger partial charge in [-0.1, -0.05) is 32.0 Å². The third-order valence-electron chi connectivity index (χ3n) is 5.15. The van der Waals surface area contributed by atoms with Gasteiger partial charge in [0.15, 0.2) is 0 Å². The lowest BCUT2D eigenvalue weighted by molar-refractivity contribution is -0.126. The largest absolute Gasteiger partial charge is 0.353 e. The van der Waals surface area contributed by atoms with Gasteiger partial charge in [0.05, 0.1) is 0 Å². The number of fused-ring (bicyclic) bond motifs is 1. The molecule has 2 heterocycles. The fourth-order valence-corrected chi connectivity index (χ4v) is 3.81. The van der Waals surface area contributed by atoms with Crippen molar-refractivity contribution in [3.8, 4) is 0 Å². The smallest absolute Gasteiger partial charge is 0.255 e. The summed E-state index contributed by atoms with van der Waals surface area (Å²) in [4.78, 5) is 29.7. The van der Waals surface area contributed by atoms with E-state index in [1.165, 1.54) is 12.8 Å². The molecule has 1 aromatic rings. The quantitative estimate of drug-likeness (QED) is 0.826. The Bertz CT molecular complexity index is 623. The lowest BCUT2D eigenvalue weighted by Gasteiger charge is -2.28. The van der Waals surface area contributed by atoms with Gasteiger partial charge in [-0.15, -0.1) is 0 Å². The maximum atomic E-state index is 12.8. The van der Waals surface area contributed by atoms with E-state index in [1.54, 1.807) is 4.90 Å². The molecule has 0 radical (unpaired) electrons. The van der Waals surface area contributed by atoms with Gasteiger partial charge in [0, 0.05) is 25.2 Å². The zero-order valence-electron chi connectivity index (χ0n) is 15.3. The van der Waals surface area contributed by atoms with E-state index in [0.29, 0.717) is 25.4 Å². The Labute approximate surface area is 150 Å². The highest BCUT2D eigenvalue weighted by atomic mass is 16.2. The Morgan fingerprint density at radius 3 is 2.60 bits per heavy atom. The first-order valence-corrected chi connectivity index (χ1v) is 9.45. The molecule has 5 nitrogen and oxygen atoms in total. The van der Waals surface area contributed by atoms with E-state index in [1.807, 2.05) is 24.3 Å². The van der Waals surface area contributed by atoms with E-state index >= 15 is 0 Å². The van der Waals surface area contributed by atoms with Crippen LogP contribution in [0.2, 0.25) is 0 Å². The number of carbonyl (C=O) groups is 2. The van der Waals surface area contributed by atoms with Crippen LogP contribution >= 0.6 is 0 Å². The molecule has 0 unspecified atom stereocenters. The second-order valence-electron chi connectivity index (χ2n) is 7.58. The minimum Gasteiger partial charge on any atom is -0.353 e. The van der Waals surface area contributed by atoms with Gasteiger partial charge in [-0.25, -0.2) is 0 Å². The number of rotatable bonds is 7. The normalized spacial score (nSPS) is 18.7. The summed E-state index contributed by atoms with van der Waals surface area (Å²) >= 11 is 0. The minimum atomic E-state index is -0.390. The minimum absolute atomic E-state index is 0.0176. The number of nitrogens with one attached hydrogen (secondary N) is 1. The van der Waals surface area contributed by atoms with E-state index in [9.17, 15) is 9.59 Å². The molecule has 0 spiro atoms. The molecule has 5 heteroatoms. The molecule has 1 N–H and O–H groups in total. The molecule has 0 saturated carbocycles. The predicted molar refractivity (Wildman–Crippen MR) is 98.2 cm³/mol. The fourth-order valence-electron chi connectivity index (χ4n) is 3.81. The van der Waals surface area contributed by atoms with Crippen molar-refractivity contribution >= 4 is 11.8 Å². The molecule has 1 aromatic carbocycles. The zero-order chi connectivity index (χ0) is 17.8. The van der Waals surface area contributed by atoms with Gasteiger partial charge in [0.25, 0.3) is 5.91 Å². The van der Waals surface area contributed by atoms with Crippen LogP contribution in [0.4, 0.5) is 0 Å². The fraction of sp³-hybridized carbons (Fsp3) is 0.600. The summed E-state index contributed by atoms with van der Waals surface area (Å²) in [6, 6.07) is 7.27. The van der Waals surface area contributed by atoms with Crippen LogP contribution in [0.25, 0.3) is 0 Å². The van der Waals surface area contributed by atoms with E-state index in [0.717, 1.165) is 30.8 Å². The summed E-state index contributed by atoms with van der Waals surface area (Å²) in [6.07, 6.45) is 3.20. The van der Waals surface area contributed by atoms with E-state index < -0.39 is 6.04 Å². The van der Waals surface area contributed by atoms with Crippen LogP contribution in [0.3, 0.4) is 0 Å². The first kappa shape index (κ1) is 17.9. The molecule has 2 amide bonds. The van der Waals surface area contributed by atoms with Crippen LogP contribution in [0.5, 0.6) is 0 Å². The molecule has 0 aromatic heterocycles. The Hall–Kier alpha value is -1.88. The maximum absolute atomic E-state index is 12.8. The van der Waals surface area contributed by atoms with Crippen molar-refractivity contribution in [3.63, 3.8) is 0 Å². The lowest BCUT2D eigenvalue weighted by atomic mass is 10.0. The average molecular weight is 343 g/mol. The molecule has 136 valence electrons.